The molecule has 21 heavy (non-hydrogen) atoms. The zero-order valence-corrected chi connectivity index (χ0v) is 13.6. The third-order valence-electron chi connectivity index (χ3n) is 2.64. The molecule has 0 bridgehead atoms. The van der Waals surface area contributed by atoms with Crippen LogP contribution >= 0.6 is 23.5 Å². The van der Waals surface area contributed by atoms with Crippen molar-refractivity contribution in [2.45, 2.75) is 16.4 Å². The van der Waals surface area contributed by atoms with Crippen LogP contribution in [0.4, 0.5) is 0 Å². The van der Waals surface area contributed by atoms with Crippen molar-refractivity contribution < 1.29 is 13.3 Å². The molecular formula is C14H14ClNO3S2. The van der Waals surface area contributed by atoms with Crippen molar-refractivity contribution in [1.82, 2.24) is 4.89 Å². The van der Waals surface area contributed by atoms with Gasteiger partial charge in [0, 0.05) is 16.2 Å². The average Bonchev–Trinajstić information content (AvgIpc) is 2.45. The van der Waals surface area contributed by atoms with Crippen molar-refractivity contribution in [3.05, 3.63) is 59.1 Å². The second-order valence-electron chi connectivity index (χ2n) is 4.28. The molecule has 0 aliphatic rings. The Hall–Kier alpha value is -1.05. The summed E-state index contributed by atoms with van der Waals surface area (Å²) in [4.78, 5) is 8.84. The van der Waals surface area contributed by atoms with Crippen LogP contribution in [0.15, 0.2) is 58.3 Å². The van der Waals surface area contributed by atoms with Crippen molar-refractivity contribution in [2.75, 3.05) is 6.26 Å². The highest BCUT2D eigenvalue weighted by Gasteiger charge is 2.12. The van der Waals surface area contributed by atoms with Crippen molar-refractivity contribution in [2.24, 2.45) is 0 Å². The normalized spacial score (nSPS) is 11.5. The van der Waals surface area contributed by atoms with Crippen LogP contribution in [-0.4, -0.2) is 14.7 Å². The van der Waals surface area contributed by atoms with Gasteiger partial charge in [-0.1, -0.05) is 41.9 Å². The molecule has 2 aromatic rings. The zero-order valence-electron chi connectivity index (χ0n) is 11.2. The van der Waals surface area contributed by atoms with E-state index in [1.54, 1.807) is 30.3 Å². The second kappa shape index (κ2) is 7.29. The first-order valence-corrected chi connectivity index (χ1v) is 9.13. The molecular weight excluding hydrogens is 330 g/mol. The Morgan fingerprint density at radius 2 is 1.81 bits per heavy atom. The molecule has 0 aromatic heterocycles. The standard InChI is InChI=1S/C14H14ClNO3S2/c1-21(17,18)14-9-5-4-8-13(14)20-16-19-10-11-6-2-3-7-12(11)15/h2-9,16H,10H2,1H3. The summed E-state index contributed by atoms with van der Waals surface area (Å²) in [6.07, 6.45) is 1.18. The van der Waals surface area contributed by atoms with E-state index in [1.807, 2.05) is 18.2 Å². The second-order valence-corrected chi connectivity index (χ2v) is 7.49. The highest BCUT2D eigenvalue weighted by molar-refractivity contribution is 7.98. The van der Waals surface area contributed by atoms with E-state index < -0.39 is 9.84 Å². The number of nitrogens with one attached hydrogen (secondary N) is 1. The number of hydrogen-bond acceptors (Lipinski definition) is 5. The number of hydrogen-bond donors (Lipinski definition) is 1. The fourth-order valence-corrected chi connectivity index (χ4v) is 3.69. The summed E-state index contributed by atoms with van der Waals surface area (Å²) < 4.78 is 23.3. The molecule has 0 fully saturated rings. The lowest BCUT2D eigenvalue weighted by molar-refractivity contribution is 0.0871. The van der Waals surface area contributed by atoms with Gasteiger partial charge in [0.1, 0.15) is 0 Å². The number of halogens is 1. The van der Waals surface area contributed by atoms with Gasteiger partial charge in [0.15, 0.2) is 9.84 Å². The van der Waals surface area contributed by atoms with E-state index in [0.29, 0.717) is 9.92 Å². The van der Waals surface area contributed by atoms with Crippen LogP contribution in [0, 0.1) is 0 Å². The minimum absolute atomic E-state index is 0.267. The van der Waals surface area contributed by atoms with Gasteiger partial charge in [0.2, 0.25) is 0 Å². The summed E-state index contributed by atoms with van der Waals surface area (Å²) in [6, 6.07) is 14.1. The van der Waals surface area contributed by atoms with Gasteiger partial charge in [-0.25, -0.2) is 8.42 Å². The lowest BCUT2D eigenvalue weighted by Crippen LogP contribution is -2.07. The first-order chi connectivity index (χ1) is 9.98. The minimum atomic E-state index is -3.27. The Morgan fingerprint density at radius 1 is 1.14 bits per heavy atom. The number of benzene rings is 2. The van der Waals surface area contributed by atoms with Crippen molar-refractivity contribution in [3.63, 3.8) is 0 Å². The molecule has 0 radical (unpaired) electrons. The van der Waals surface area contributed by atoms with Crippen LogP contribution in [0.2, 0.25) is 5.02 Å². The summed E-state index contributed by atoms with van der Waals surface area (Å²) in [5.41, 5.74) is 0.851. The molecule has 0 atom stereocenters. The van der Waals surface area contributed by atoms with Crippen molar-refractivity contribution >= 4 is 33.4 Å². The maximum absolute atomic E-state index is 11.7. The van der Waals surface area contributed by atoms with Gasteiger partial charge >= 0.3 is 0 Å². The lowest BCUT2D eigenvalue weighted by Gasteiger charge is -2.09. The van der Waals surface area contributed by atoms with Crippen LogP contribution in [0.1, 0.15) is 5.56 Å². The van der Waals surface area contributed by atoms with Crippen molar-refractivity contribution in [1.29, 1.82) is 0 Å². The third-order valence-corrected chi connectivity index (χ3v) is 5.07. The Morgan fingerprint density at radius 3 is 2.52 bits per heavy atom. The molecule has 0 unspecified atom stereocenters. The van der Waals surface area contributed by atoms with E-state index in [4.69, 9.17) is 16.4 Å². The summed E-state index contributed by atoms with van der Waals surface area (Å²) in [5.74, 6) is 0. The molecule has 0 amide bonds. The summed E-state index contributed by atoms with van der Waals surface area (Å²) in [6.45, 7) is 0.285. The van der Waals surface area contributed by atoms with E-state index in [2.05, 4.69) is 4.89 Å². The maximum Gasteiger partial charge on any atom is 0.176 e. The van der Waals surface area contributed by atoms with E-state index in [0.717, 1.165) is 17.5 Å². The fraction of sp³-hybridized carbons (Fsp3) is 0.143. The predicted molar refractivity (Wildman–Crippen MR) is 84.8 cm³/mol. The predicted octanol–water partition coefficient (Wildman–Crippen LogP) is 3.47. The highest BCUT2D eigenvalue weighted by atomic mass is 35.5. The molecule has 0 saturated heterocycles. The number of sulfone groups is 1. The van der Waals surface area contributed by atoms with Gasteiger partial charge in [-0.05, 0) is 35.7 Å². The fourth-order valence-electron chi connectivity index (χ4n) is 1.64. The molecule has 4 nitrogen and oxygen atoms in total. The molecule has 1 N–H and O–H groups in total. The highest BCUT2D eigenvalue weighted by Crippen LogP contribution is 2.24. The summed E-state index contributed by atoms with van der Waals surface area (Å²) in [7, 11) is -3.27. The summed E-state index contributed by atoms with van der Waals surface area (Å²) >= 11 is 7.12. The first kappa shape index (κ1) is 16.3. The Kier molecular flexibility index (Phi) is 5.66. The quantitative estimate of drug-likeness (QED) is 0.494. The van der Waals surface area contributed by atoms with Gasteiger partial charge in [-0.2, -0.15) is 0 Å². The van der Waals surface area contributed by atoms with E-state index >= 15 is 0 Å². The largest absolute Gasteiger partial charge is 0.286 e. The molecule has 0 aliphatic carbocycles. The van der Waals surface area contributed by atoms with E-state index in [9.17, 15) is 8.42 Å². The van der Waals surface area contributed by atoms with E-state index in [-0.39, 0.29) is 11.5 Å². The minimum Gasteiger partial charge on any atom is -0.286 e. The van der Waals surface area contributed by atoms with Gasteiger partial charge in [-0.15, -0.1) is 4.89 Å². The molecule has 2 rings (SSSR count). The van der Waals surface area contributed by atoms with Crippen LogP contribution in [0.3, 0.4) is 0 Å². The van der Waals surface area contributed by atoms with Crippen LogP contribution in [0.5, 0.6) is 0 Å². The molecule has 7 heteroatoms. The molecule has 0 saturated carbocycles. The van der Waals surface area contributed by atoms with Crippen LogP contribution in [0.25, 0.3) is 0 Å². The lowest BCUT2D eigenvalue weighted by atomic mass is 10.2. The Labute approximate surface area is 133 Å². The molecule has 2 aromatic carbocycles. The Balaban J connectivity index is 1.95. The van der Waals surface area contributed by atoms with E-state index in [1.165, 1.54) is 6.26 Å². The van der Waals surface area contributed by atoms with Gasteiger partial charge in [0.05, 0.1) is 11.5 Å². The summed E-state index contributed by atoms with van der Waals surface area (Å²) in [5, 5.41) is 0.626. The van der Waals surface area contributed by atoms with Gasteiger partial charge < -0.3 is 0 Å². The maximum atomic E-state index is 11.7. The van der Waals surface area contributed by atoms with Gasteiger partial charge in [-0.3, -0.25) is 4.84 Å². The topological polar surface area (TPSA) is 55.4 Å². The first-order valence-electron chi connectivity index (χ1n) is 6.04. The molecule has 112 valence electrons. The SMILES string of the molecule is CS(=O)(=O)c1ccccc1SNOCc1ccccc1Cl. The van der Waals surface area contributed by atoms with Gasteiger partial charge in [0.25, 0.3) is 0 Å². The van der Waals surface area contributed by atoms with Crippen LogP contribution in [-0.2, 0) is 21.3 Å². The zero-order chi connectivity index (χ0) is 15.3. The van der Waals surface area contributed by atoms with Crippen molar-refractivity contribution in [3.8, 4) is 0 Å². The smallest absolute Gasteiger partial charge is 0.176 e. The number of rotatable bonds is 6. The molecule has 0 aliphatic heterocycles. The average molecular weight is 344 g/mol. The Bertz CT molecular complexity index is 720. The third kappa shape index (κ3) is 4.72. The molecule has 0 spiro atoms. The monoisotopic (exact) mass is 343 g/mol. The van der Waals surface area contributed by atoms with Crippen LogP contribution < -0.4 is 4.89 Å². The molecule has 0 heterocycles.